The van der Waals surface area contributed by atoms with E-state index in [9.17, 15) is 18.8 Å². The van der Waals surface area contributed by atoms with Crippen LogP contribution in [0.25, 0.3) is 6.08 Å². The van der Waals surface area contributed by atoms with Gasteiger partial charge in [0.1, 0.15) is 24.7 Å². The number of nitrogens with zero attached hydrogens (tertiary/aromatic N) is 1. The molecule has 8 nitrogen and oxygen atoms in total. The van der Waals surface area contributed by atoms with Gasteiger partial charge in [-0.25, -0.2) is 14.1 Å². The van der Waals surface area contributed by atoms with E-state index < -0.39 is 30.2 Å². The molecule has 0 atom stereocenters. The van der Waals surface area contributed by atoms with E-state index in [0.29, 0.717) is 28.1 Å². The quantitative estimate of drug-likeness (QED) is 0.318. The highest BCUT2D eigenvalue weighted by molar-refractivity contribution is 9.10. The van der Waals surface area contributed by atoms with Crippen LogP contribution >= 0.6 is 15.9 Å². The van der Waals surface area contributed by atoms with Crippen LogP contribution in [0.1, 0.15) is 12.5 Å². The summed E-state index contributed by atoms with van der Waals surface area (Å²) in [5.41, 5.74) is 0.428. The fourth-order valence-corrected chi connectivity index (χ4v) is 3.37. The summed E-state index contributed by atoms with van der Waals surface area (Å²) in [6, 6.07) is 8.06. The van der Waals surface area contributed by atoms with E-state index in [1.165, 1.54) is 24.3 Å². The first-order valence-electron chi connectivity index (χ1n) is 9.75. The van der Waals surface area contributed by atoms with E-state index >= 15 is 0 Å². The number of terminal acetylenes is 1. The van der Waals surface area contributed by atoms with Crippen LogP contribution in [0.15, 0.2) is 46.6 Å². The van der Waals surface area contributed by atoms with E-state index in [-0.39, 0.29) is 18.0 Å². The fourth-order valence-electron chi connectivity index (χ4n) is 2.93. The maximum absolute atomic E-state index is 13.7. The zero-order valence-electron chi connectivity index (χ0n) is 17.5. The molecule has 2 N–H and O–H groups in total. The molecular weight excluding hydrogens is 497 g/mol. The van der Waals surface area contributed by atoms with Gasteiger partial charge < -0.3 is 20.1 Å². The number of nitrogens with one attached hydrogen (secondary N) is 2. The standard InChI is InChI=1S/C23H19BrFN3O5/c1-3-9-33-20-12-15(24)14(11-19(20)32-4-2)10-18-22(30)28(23(31)27-18)13-21(29)26-17-8-6-5-7-16(17)25/h1,5-8,10-12H,4,9,13H2,2H3,(H,26,29)(H,27,31)/b18-10+. The van der Waals surface area contributed by atoms with Crippen LogP contribution in [-0.4, -0.2) is 42.5 Å². The predicted octanol–water partition coefficient (Wildman–Crippen LogP) is 3.53. The average Bonchev–Trinajstić information content (AvgIpc) is 3.04. The SMILES string of the molecule is C#CCOc1cc(Br)c(/C=C2/NC(=O)N(CC(=O)Nc3ccccc3F)C2=O)cc1OCC. The molecule has 1 fully saturated rings. The summed E-state index contributed by atoms with van der Waals surface area (Å²) in [6.45, 7) is 1.63. The maximum atomic E-state index is 13.7. The molecule has 0 aliphatic carbocycles. The summed E-state index contributed by atoms with van der Waals surface area (Å²) in [7, 11) is 0. The number of halogens is 2. The predicted molar refractivity (Wildman–Crippen MR) is 123 cm³/mol. The first-order chi connectivity index (χ1) is 15.8. The van der Waals surface area contributed by atoms with Crippen LogP contribution in [0.2, 0.25) is 0 Å². The van der Waals surface area contributed by atoms with Crippen LogP contribution < -0.4 is 20.1 Å². The van der Waals surface area contributed by atoms with Crippen molar-refractivity contribution >= 4 is 45.5 Å². The monoisotopic (exact) mass is 515 g/mol. The molecule has 0 unspecified atom stereocenters. The van der Waals surface area contributed by atoms with Gasteiger partial charge in [0.2, 0.25) is 5.91 Å². The second kappa shape index (κ2) is 10.7. The number of anilines is 1. The number of hydrogen-bond acceptors (Lipinski definition) is 5. The molecular formula is C23H19BrFN3O5. The molecule has 0 bridgehead atoms. The summed E-state index contributed by atoms with van der Waals surface area (Å²) >= 11 is 3.40. The van der Waals surface area contributed by atoms with Gasteiger partial charge in [-0.05, 0) is 42.8 Å². The van der Waals surface area contributed by atoms with E-state index in [1.807, 2.05) is 0 Å². The minimum absolute atomic E-state index is 0.0425. The van der Waals surface area contributed by atoms with Crippen LogP contribution in [0, 0.1) is 18.2 Å². The number of rotatable bonds is 8. The van der Waals surface area contributed by atoms with E-state index in [0.717, 1.165) is 4.90 Å². The van der Waals surface area contributed by atoms with E-state index in [1.54, 1.807) is 25.1 Å². The topological polar surface area (TPSA) is 97.0 Å². The Labute approximate surface area is 197 Å². The average molecular weight is 516 g/mol. The van der Waals surface area contributed by atoms with Gasteiger partial charge in [0.25, 0.3) is 5.91 Å². The first kappa shape index (κ1) is 23.8. The summed E-state index contributed by atoms with van der Waals surface area (Å²) in [6.07, 6.45) is 6.67. The number of urea groups is 1. The molecule has 3 rings (SSSR count). The Kier molecular flexibility index (Phi) is 7.69. The second-order valence-corrected chi connectivity index (χ2v) is 7.51. The van der Waals surface area contributed by atoms with Crippen LogP contribution in [0.3, 0.4) is 0 Å². The normalized spacial score (nSPS) is 14.1. The number of imide groups is 1. The second-order valence-electron chi connectivity index (χ2n) is 6.65. The van der Waals surface area contributed by atoms with Gasteiger partial charge >= 0.3 is 6.03 Å². The van der Waals surface area contributed by atoms with Crippen LogP contribution in [-0.2, 0) is 9.59 Å². The Bertz CT molecular complexity index is 1180. The van der Waals surface area contributed by atoms with Gasteiger partial charge in [-0.2, -0.15) is 0 Å². The molecule has 10 heteroatoms. The van der Waals surface area contributed by atoms with Crippen molar-refractivity contribution in [2.45, 2.75) is 6.92 Å². The highest BCUT2D eigenvalue weighted by Gasteiger charge is 2.35. The zero-order valence-corrected chi connectivity index (χ0v) is 19.1. The molecule has 4 amide bonds. The molecule has 2 aromatic carbocycles. The van der Waals surface area contributed by atoms with Gasteiger partial charge in [-0.1, -0.05) is 34.0 Å². The molecule has 1 aliphatic heterocycles. The number of ether oxygens (including phenoxy) is 2. The van der Waals surface area contributed by atoms with Crippen molar-refractivity contribution in [2.24, 2.45) is 0 Å². The number of carbonyl (C=O) groups excluding carboxylic acids is 3. The van der Waals surface area contributed by atoms with Gasteiger partial charge in [0.05, 0.1) is 12.3 Å². The van der Waals surface area contributed by atoms with Crippen LogP contribution in [0.5, 0.6) is 11.5 Å². The lowest BCUT2D eigenvalue weighted by molar-refractivity contribution is -0.127. The zero-order chi connectivity index (χ0) is 24.0. The van der Waals surface area contributed by atoms with Gasteiger partial charge in [0, 0.05) is 4.47 Å². The molecule has 1 saturated heterocycles. The smallest absolute Gasteiger partial charge is 0.329 e. The number of carbonyl (C=O) groups is 3. The Hall–Kier alpha value is -3.84. The number of amides is 4. The first-order valence-corrected chi connectivity index (χ1v) is 10.5. The number of benzene rings is 2. The fraction of sp³-hybridized carbons (Fsp3) is 0.174. The summed E-state index contributed by atoms with van der Waals surface area (Å²) in [5, 5.41) is 4.77. The lowest BCUT2D eigenvalue weighted by Gasteiger charge is -2.13. The van der Waals surface area contributed by atoms with Gasteiger partial charge in [0.15, 0.2) is 11.5 Å². The molecule has 2 aromatic rings. The van der Waals surface area contributed by atoms with Crippen LogP contribution in [0.4, 0.5) is 14.9 Å². The van der Waals surface area contributed by atoms with Gasteiger partial charge in [-0.15, -0.1) is 6.42 Å². The summed E-state index contributed by atoms with van der Waals surface area (Å²) in [5.74, 6) is 1.13. The van der Waals surface area contributed by atoms with E-state index in [2.05, 4.69) is 32.5 Å². The summed E-state index contributed by atoms with van der Waals surface area (Å²) < 4.78 is 25.3. The van der Waals surface area contributed by atoms with Crippen molar-refractivity contribution in [3.63, 3.8) is 0 Å². The lowest BCUT2D eigenvalue weighted by atomic mass is 10.1. The lowest BCUT2D eigenvalue weighted by Crippen LogP contribution is -2.38. The molecule has 0 spiro atoms. The Morgan fingerprint density at radius 1 is 1.27 bits per heavy atom. The van der Waals surface area contributed by atoms with Crippen molar-refractivity contribution in [1.29, 1.82) is 0 Å². The molecule has 170 valence electrons. The van der Waals surface area contributed by atoms with Gasteiger partial charge in [-0.3, -0.25) is 9.59 Å². The Morgan fingerprint density at radius 2 is 2.00 bits per heavy atom. The molecule has 0 saturated carbocycles. The third-order valence-corrected chi connectivity index (χ3v) is 5.07. The van der Waals surface area contributed by atoms with Crippen molar-refractivity contribution in [2.75, 3.05) is 25.1 Å². The largest absolute Gasteiger partial charge is 0.490 e. The minimum Gasteiger partial charge on any atom is -0.490 e. The van der Waals surface area contributed by atoms with Crippen molar-refractivity contribution in [3.05, 3.63) is 57.9 Å². The minimum atomic E-state index is -0.773. The maximum Gasteiger partial charge on any atom is 0.329 e. The molecule has 0 aromatic heterocycles. The number of para-hydroxylation sites is 1. The summed E-state index contributed by atoms with van der Waals surface area (Å²) in [4.78, 5) is 38.0. The van der Waals surface area contributed by atoms with Crippen molar-refractivity contribution in [1.82, 2.24) is 10.2 Å². The van der Waals surface area contributed by atoms with Crippen molar-refractivity contribution in [3.8, 4) is 23.8 Å². The number of hydrogen-bond donors (Lipinski definition) is 2. The Balaban J connectivity index is 1.79. The molecule has 0 radical (unpaired) electrons. The molecule has 33 heavy (non-hydrogen) atoms. The molecule has 1 heterocycles. The third kappa shape index (κ3) is 5.70. The Morgan fingerprint density at radius 3 is 2.70 bits per heavy atom. The van der Waals surface area contributed by atoms with E-state index in [4.69, 9.17) is 15.9 Å². The highest BCUT2D eigenvalue weighted by atomic mass is 79.9. The molecule has 1 aliphatic rings. The van der Waals surface area contributed by atoms with Crippen molar-refractivity contribution < 1.29 is 28.2 Å². The highest BCUT2D eigenvalue weighted by Crippen LogP contribution is 2.35. The third-order valence-electron chi connectivity index (χ3n) is 4.39.